The molecule has 0 bridgehead atoms. The summed E-state index contributed by atoms with van der Waals surface area (Å²) >= 11 is 6.88. The molecule has 0 spiro atoms. The van der Waals surface area contributed by atoms with Gasteiger partial charge in [-0.3, -0.25) is 9.69 Å². The van der Waals surface area contributed by atoms with Gasteiger partial charge in [0.15, 0.2) is 0 Å². The van der Waals surface area contributed by atoms with Crippen LogP contribution in [0, 0.1) is 0 Å². The third-order valence-corrected chi connectivity index (χ3v) is 5.21. The molecule has 1 aliphatic heterocycles. The fraction of sp³-hybridized carbons (Fsp3) is 0. The number of nitrogens with zero attached hydrogens (tertiary/aromatic N) is 2. The molecule has 1 heterocycles. The lowest BCUT2D eigenvalue weighted by Crippen LogP contribution is -2.32. The first-order chi connectivity index (χ1) is 13.1. The number of carbonyl (C=O) groups is 1. The Labute approximate surface area is 174 Å². The zero-order valence-corrected chi connectivity index (χ0v) is 17.3. The average molecular weight is 482 g/mol. The Balaban J connectivity index is 1.81. The van der Waals surface area contributed by atoms with Gasteiger partial charge in [0, 0.05) is 14.5 Å². The summed E-state index contributed by atoms with van der Waals surface area (Å²) in [5.74, 6) is 0.490. The summed E-state index contributed by atoms with van der Waals surface area (Å²) in [7, 11) is 0. The van der Waals surface area contributed by atoms with Gasteiger partial charge in [-0.25, -0.2) is 4.99 Å². The van der Waals surface area contributed by atoms with E-state index in [2.05, 4.69) is 36.9 Å². The third-order valence-electron chi connectivity index (χ3n) is 4.15. The van der Waals surface area contributed by atoms with E-state index in [1.807, 2.05) is 84.9 Å². The highest BCUT2D eigenvalue weighted by Gasteiger charge is 2.32. The Morgan fingerprint density at radius 1 is 0.778 bits per heavy atom. The average Bonchev–Trinajstić information content (AvgIpc) is 3.01. The van der Waals surface area contributed by atoms with Crippen molar-refractivity contribution < 1.29 is 4.79 Å². The number of amidine groups is 1. The Morgan fingerprint density at radius 2 is 1.37 bits per heavy atom. The number of amides is 1. The molecule has 3 nitrogen and oxygen atoms in total. The van der Waals surface area contributed by atoms with Crippen molar-refractivity contribution in [2.45, 2.75) is 0 Å². The molecule has 3 aromatic carbocycles. The number of carbonyl (C=O) groups excluding carboxylic acids is 1. The van der Waals surface area contributed by atoms with Crippen LogP contribution in [-0.2, 0) is 4.79 Å². The molecule has 0 atom stereocenters. The van der Waals surface area contributed by atoms with Gasteiger partial charge in [-0.1, -0.05) is 74.3 Å². The van der Waals surface area contributed by atoms with Gasteiger partial charge < -0.3 is 0 Å². The molecule has 132 valence electrons. The number of aliphatic imine (C=N–C) groups is 1. The van der Waals surface area contributed by atoms with E-state index < -0.39 is 0 Å². The first-order valence-corrected chi connectivity index (χ1v) is 9.92. The molecule has 0 aromatic heterocycles. The summed E-state index contributed by atoms with van der Waals surface area (Å²) in [4.78, 5) is 19.5. The normalized spacial score (nSPS) is 15.3. The number of hydrogen-bond donors (Lipinski definition) is 0. The van der Waals surface area contributed by atoms with Crippen LogP contribution in [0.3, 0.4) is 0 Å². The van der Waals surface area contributed by atoms with E-state index in [9.17, 15) is 4.79 Å². The zero-order chi connectivity index (χ0) is 18.8. The molecular formula is C22H14Br2N2O. The maximum atomic E-state index is 13.2. The van der Waals surface area contributed by atoms with E-state index in [1.54, 1.807) is 4.90 Å². The first-order valence-electron chi connectivity index (χ1n) is 8.33. The lowest BCUT2D eigenvalue weighted by molar-refractivity contribution is -0.113. The highest BCUT2D eigenvalue weighted by atomic mass is 79.9. The minimum Gasteiger partial charge on any atom is -0.266 e. The van der Waals surface area contributed by atoms with Crippen molar-refractivity contribution in [3.05, 3.63) is 105 Å². The Bertz CT molecular complexity index is 1040. The maximum Gasteiger partial charge on any atom is 0.282 e. The van der Waals surface area contributed by atoms with Gasteiger partial charge in [-0.05, 0) is 48.0 Å². The lowest BCUT2D eigenvalue weighted by Gasteiger charge is -2.18. The third kappa shape index (κ3) is 3.80. The minimum atomic E-state index is -0.137. The molecule has 5 heteroatoms. The highest BCUT2D eigenvalue weighted by molar-refractivity contribution is 9.10. The summed E-state index contributed by atoms with van der Waals surface area (Å²) in [6.07, 6.45) is 1.82. The quantitative estimate of drug-likeness (QED) is 0.419. The summed E-state index contributed by atoms with van der Waals surface area (Å²) in [5.41, 5.74) is 3.02. The van der Waals surface area contributed by atoms with Crippen LogP contribution in [0.15, 0.2) is 98.5 Å². The van der Waals surface area contributed by atoms with Crippen molar-refractivity contribution >= 4 is 55.4 Å². The van der Waals surface area contributed by atoms with Gasteiger partial charge in [0.1, 0.15) is 11.5 Å². The van der Waals surface area contributed by atoms with Gasteiger partial charge in [0.05, 0.1) is 5.69 Å². The van der Waals surface area contributed by atoms with Crippen LogP contribution in [0.1, 0.15) is 11.1 Å². The molecule has 0 radical (unpaired) electrons. The number of para-hydroxylation sites is 1. The van der Waals surface area contributed by atoms with E-state index in [4.69, 9.17) is 0 Å². The molecule has 27 heavy (non-hydrogen) atoms. The molecule has 0 fully saturated rings. The van der Waals surface area contributed by atoms with Crippen molar-refractivity contribution in [3.8, 4) is 0 Å². The van der Waals surface area contributed by atoms with Crippen LogP contribution in [0.2, 0.25) is 0 Å². The number of halogens is 2. The molecule has 4 rings (SSSR count). The van der Waals surface area contributed by atoms with E-state index in [0.717, 1.165) is 25.8 Å². The maximum absolute atomic E-state index is 13.2. The van der Waals surface area contributed by atoms with E-state index >= 15 is 0 Å². The van der Waals surface area contributed by atoms with Gasteiger partial charge in [-0.2, -0.15) is 0 Å². The molecule has 3 aromatic rings. The fourth-order valence-electron chi connectivity index (χ4n) is 2.84. The van der Waals surface area contributed by atoms with Crippen molar-refractivity contribution in [3.63, 3.8) is 0 Å². The molecule has 0 N–H and O–H groups in total. The predicted molar refractivity (Wildman–Crippen MR) is 117 cm³/mol. The topological polar surface area (TPSA) is 32.7 Å². The summed E-state index contributed by atoms with van der Waals surface area (Å²) < 4.78 is 1.97. The van der Waals surface area contributed by atoms with Gasteiger partial charge >= 0.3 is 0 Å². The summed E-state index contributed by atoms with van der Waals surface area (Å²) in [6.45, 7) is 0. The van der Waals surface area contributed by atoms with Crippen molar-refractivity contribution in [1.29, 1.82) is 0 Å². The SMILES string of the molecule is O=C1/C(=C\c2ccc(Br)cc2)N=C(c2ccc(Br)cc2)N1c1ccccc1. The molecule has 0 unspecified atom stereocenters. The van der Waals surface area contributed by atoms with Gasteiger partial charge in [0.2, 0.25) is 0 Å². The standard InChI is InChI=1S/C22H14Br2N2O/c23-17-10-6-15(7-11-17)14-20-22(27)26(19-4-2-1-3-5-19)21(25-20)16-8-12-18(24)13-9-16/h1-14H/b20-14+. The number of hydrogen-bond acceptors (Lipinski definition) is 2. The molecule has 1 aliphatic rings. The van der Waals surface area contributed by atoms with E-state index in [0.29, 0.717) is 11.5 Å². The Kier molecular flexibility index (Phi) is 5.05. The van der Waals surface area contributed by atoms with Crippen LogP contribution in [-0.4, -0.2) is 11.7 Å². The van der Waals surface area contributed by atoms with Crippen molar-refractivity contribution in [2.75, 3.05) is 4.90 Å². The second-order valence-corrected chi connectivity index (χ2v) is 7.83. The smallest absolute Gasteiger partial charge is 0.266 e. The molecule has 0 saturated carbocycles. The van der Waals surface area contributed by atoms with Crippen molar-refractivity contribution in [1.82, 2.24) is 0 Å². The Morgan fingerprint density at radius 3 is 2.00 bits per heavy atom. The van der Waals surface area contributed by atoms with E-state index in [-0.39, 0.29) is 5.91 Å². The van der Waals surface area contributed by atoms with Crippen LogP contribution < -0.4 is 4.90 Å². The summed E-state index contributed by atoms with van der Waals surface area (Å²) in [6, 6.07) is 25.2. The van der Waals surface area contributed by atoms with Crippen LogP contribution in [0.4, 0.5) is 5.69 Å². The van der Waals surface area contributed by atoms with Gasteiger partial charge in [-0.15, -0.1) is 0 Å². The molecule has 0 saturated heterocycles. The first kappa shape index (κ1) is 17.9. The van der Waals surface area contributed by atoms with Crippen molar-refractivity contribution in [2.24, 2.45) is 4.99 Å². The number of rotatable bonds is 3. The van der Waals surface area contributed by atoms with Crippen LogP contribution in [0.5, 0.6) is 0 Å². The largest absolute Gasteiger partial charge is 0.282 e. The molecule has 1 amide bonds. The second kappa shape index (κ2) is 7.62. The minimum absolute atomic E-state index is 0.137. The lowest BCUT2D eigenvalue weighted by atomic mass is 10.1. The second-order valence-electron chi connectivity index (χ2n) is 6.00. The molecule has 0 aliphatic carbocycles. The fourth-order valence-corrected chi connectivity index (χ4v) is 3.37. The van der Waals surface area contributed by atoms with Crippen LogP contribution in [0.25, 0.3) is 6.08 Å². The van der Waals surface area contributed by atoms with Gasteiger partial charge in [0.25, 0.3) is 5.91 Å². The monoisotopic (exact) mass is 480 g/mol. The van der Waals surface area contributed by atoms with E-state index in [1.165, 1.54) is 0 Å². The van der Waals surface area contributed by atoms with Crippen LogP contribution >= 0.6 is 31.9 Å². The number of anilines is 1. The summed E-state index contributed by atoms with van der Waals surface area (Å²) in [5, 5.41) is 0. The zero-order valence-electron chi connectivity index (χ0n) is 14.1. The molecular weight excluding hydrogens is 468 g/mol. The number of benzene rings is 3. The highest BCUT2D eigenvalue weighted by Crippen LogP contribution is 2.28. The Hall–Kier alpha value is -2.50. The predicted octanol–water partition coefficient (Wildman–Crippen LogP) is 6.05.